The van der Waals surface area contributed by atoms with Crippen LogP contribution in [0.25, 0.3) is 0 Å². The number of hydrogen-bond donors (Lipinski definition) is 2. The maximum atomic E-state index is 12.6. The van der Waals surface area contributed by atoms with Gasteiger partial charge < -0.3 is 15.4 Å². The van der Waals surface area contributed by atoms with Gasteiger partial charge >= 0.3 is 5.97 Å². The Kier molecular flexibility index (Phi) is 8.59. The molecule has 0 aliphatic carbocycles. The lowest BCUT2D eigenvalue weighted by atomic mass is 10.1. The van der Waals surface area contributed by atoms with Crippen LogP contribution in [0.15, 0.2) is 29.2 Å². The van der Waals surface area contributed by atoms with Crippen molar-refractivity contribution in [1.82, 2.24) is 14.9 Å². The van der Waals surface area contributed by atoms with Gasteiger partial charge in [0.1, 0.15) is 0 Å². The van der Waals surface area contributed by atoms with Crippen molar-refractivity contribution in [2.45, 2.75) is 37.5 Å². The van der Waals surface area contributed by atoms with Gasteiger partial charge in [-0.3, -0.25) is 14.4 Å². The van der Waals surface area contributed by atoms with Gasteiger partial charge in [-0.1, -0.05) is 18.6 Å². The fraction of sp³-hybridized carbons (Fsp3) is 0.526. The fourth-order valence-corrected chi connectivity index (χ4v) is 4.40. The first kappa shape index (κ1) is 22.8. The van der Waals surface area contributed by atoms with Gasteiger partial charge in [0.15, 0.2) is 6.61 Å². The molecule has 1 aromatic rings. The predicted molar refractivity (Wildman–Crippen MR) is 105 cm³/mol. The molecule has 9 nitrogen and oxygen atoms in total. The number of piperidine rings is 1. The van der Waals surface area contributed by atoms with E-state index in [0.717, 1.165) is 19.3 Å². The largest absolute Gasteiger partial charge is 0.455 e. The van der Waals surface area contributed by atoms with Gasteiger partial charge in [-0.25, -0.2) is 8.42 Å². The molecule has 2 N–H and O–H groups in total. The molecule has 160 valence electrons. The van der Waals surface area contributed by atoms with E-state index in [1.807, 2.05) is 0 Å². The monoisotopic (exact) mass is 425 g/mol. The highest BCUT2D eigenvalue weighted by atomic mass is 32.2. The van der Waals surface area contributed by atoms with Crippen LogP contribution >= 0.6 is 0 Å². The highest BCUT2D eigenvalue weighted by molar-refractivity contribution is 7.89. The van der Waals surface area contributed by atoms with Crippen LogP contribution in [0.3, 0.4) is 0 Å². The minimum absolute atomic E-state index is 0.0896. The minimum Gasteiger partial charge on any atom is -0.455 e. The highest BCUT2D eigenvalue weighted by Gasteiger charge is 2.25. The molecule has 1 aliphatic heterocycles. The normalized spacial score (nSPS) is 14.8. The van der Waals surface area contributed by atoms with Gasteiger partial charge in [0.2, 0.25) is 15.9 Å². The van der Waals surface area contributed by atoms with Crippen molar-refractivity contribution in [2.24, 2.45) is 0 Å². The standard InChI is InChI=1S/C19H27N3O6S/c1-2-20-17(23)13-21-18(24)14-28-19(25)12-15-6-8-16(9-7-15)29(26,27)22-10-4-3-5-11-22/h6-9H,2-5,10-14H2,1H3,(H,20,23)(H,21,24). The smallest absolute Gasteiger partial charge is 0.310 e. The number of nitrogens with zero attached hydrogens (tertiary/aromatic N) is 1. The number of nitrogens with one attached hydrogen (secondary N) is 2. The van der Waals surface area contributed by atoms with Crippen LogP contribution in [0.5, 0.6) is 0 Å². The molecule has 1 aliphatic rings. The van der Waals surface area contributed by atoms with E-state index in [-0.39, 0.29) is 23.8 Å². The van der Waals surface area contributed by atoms with E-state index in [4.69, 9.17) is 4.74 Å². The molecule has 0 saturated carbocycles. The van der Waals surface area contributed by atoms with Crippen molar-refractivity contribution >= 4 is 27.8 Å². The van der Waals surface area contributed by atoms with Crippen molar-refractivity contribution in [2.75, 3.05) is 32.8 Å². The van der Waals surface area contributed by atoms with Crippen molar-refractivity contribution in [1.29, 1.82) is 0 Å². The van der Waals surface area contributed by atoms with Crippen LogP contribution in [0.2, 0.25) is 0 Å². The predicted octanol–water partition coefficient (Wildman–Crippen LogP) is 0.199. The molecule has 0 atom stereocenters. The van der Waals surface area contributed by atoms with Crippen LogP contribution in [0.1, 0.15) is 31.7 Å². The molecule has 0 radical (unpaired) electrons. The molecule has 1 fully saturated rings. The summed E-state index contributed by atoms with van der Waals surface area (Å²) < 4.78 is 31.6. The molecule has 2 rings (SSSR count). The Morgan fingerprint density at radius 2 is 1.66 bits per heavy atom. The quantitative estimate of drug-likeness (QED) is 0.545. The third-order valence-corrected chi connectivity index (χ3v) is 6.32. The number of hydrogen-bond acceptors (Lipinski definition) is 6. The Morgan fingerprint density at radius 1 is 1.00 bits per heavy atom. The molecule has 10 heteroatoms. The molecule has 0 unspecified atom stereocenters. The lowest BCUT2D eigenvalue weighted by molar-refractivity contribution is -0.147. The van der Waals surface area contributed by atoms with Crippen LogP contribution in [0.4, 0.5) is 0 Å². The van der Waals surface area contributed by atoms with Gasteiger partial charge in [0.25, 0.3) is 5.91 Å². The average Bonchev–Trinajstić information content (AvgIpc) is 2.72. The minimum atomic E-state index is -3.51. The second kappa shape index (κ2) is 10.9. The molecule has 29 heavy (non-hydrogen) atoms. The van der Waals surface area contributed by atoms with Crippen LogP contribution in [0, 0.1) is 0 Å². The maximum absolute atomic E-state index is 12.6. The summed E-state index contributed by atoms with van der Waals surface area (Å²) in [4.78, 5) is 34.9. The number of sulfonamides is 1. The molecule has 1 aromatic carbocycles. The van der Waals surface area contributed by atoms with Crippen molar-refractivity contribution in [3.8, 4) is 0 Å². The lowest BCUT2D eigenvalue weighted by Gasteiger charge is -2.25. The van der Waals surface area contributed by atoms with Crippen molar-refractivity contribution in [3.05, 3.63) is 29.8 Å². The number of rotatable bonds is 9. The first-order valence-electron chi connectivity index (χ1n) is 9.61. The third kappa shape index (κ3) is 7.13. The second-order valence-electron chi connectivity index (χ2n) is 6.68. The Hall–Kier alpha value is -2.46. The van der Waals surface area contributed by atoms with Gasteiger partial charge in [-0.15, -0.1) is 0 Å². The van der Waals surface area contributed by atoms with Crippen molar-refractivity contribution < 1.29 is 27.5 Å². The number of carbonyl (C=O) groups is 3. The fourth-order valence-electron chi connectivity index (χ4n) is 2.89. The number of likely N-dealkylation sites (N-methyl/N-ethyl adjacent to an activating group) is 1. The SMILES string of the molecule is CCNC(=O)CNC(=O)COC(=O)Cc1ccc(S(=O)(=O)N2CCCCC2)cc1. The molecule has 1 heterocycles. The van der Waals surface area contributed by atoms with E-state index < -0.39 is 28.5 Å². The van der Waals surface area contributed by atoms with Gasteiger partial charge in [0, 0.05) is 19.6 Å². The molecule has 1 saturated heterocycles. The van der Waals surface area contributed by atoms with Gasteiger partial charge in [0.05, 0.1) is 17.9 Å². The molecule has 2 amide bonds. The summed E-state index contributed by atoms with van der Waals surface area (Å²) in [5, 5.41) is 4.87. The third-order valence-electron chi connectivity index (χ3n) is 4.41. The van der Waals surface area contributed by atoms with E-state index >= 15 is 0 Å². The van der Waals surface area contributed by atoms with E-state index in [1.54, 1.807) is 19.1 Å². The molecule has 0 aromatic heterocycles. The Balaban J connectivity index is 1.80. The summed E-state index contributed by atoms with van der Waals surface area (Å²) in [6.07, 6.45) is 2.67. The zero-order valence-electron chi connectivity index (χ0n) is 16.5. The number of amides is 2. The van der Waals surface area contributed by atoms with Crippen LogP contribution in [-0.2, 0) is 35.6 Å². The van der Waals surface area contributed by atoms with Gasteiger partial charge in [-0.05, 0) is 37.5 Å². The molecular formula is C19H27N3O6S. The summed E-state index contributed by atoms with van der Waals surface area (Å²) in [6, 6.07) is 6.08. The van der Waals surface area contributed by atoms with Crippen LogP contribution < -0.4 is 10.6 Å². The maximum Gasteiger partial charge on any atom is 0.310 e. The Labute approximate surface area is 170 Å². The summed E-state index contributed by atoms with van der Waals surface area (Å²) in [6.45, 7) is 2.60. The Morgan fingerprint density at radius 3 is 2.28 bits per heavy atom. The number of ether oxygens (including phenoxy) is 1. The number of esters is 1. The molecule has 0 spiro atoms. The second-order valence-corrected chi connectivity index (χ2v) is 8.61. The van der Waals surface area contributed by atoms with E-state index in [0.29, 0.717) is 25.2 Å². The topological polar surface area (TPSA) is 122 Å². The van der Waals surface area contributed by atoms with Crippen LogP contribution in [-0.4, -0.2) is 63.3 Å². The first-order chi connectivity index (χ1) is 13.8. The van der Waals surface area contributed by atoms with Gasteiger partial charge in [-0.2, -0.15) is 4.31 Å². The zero-order chi connectivity index (χ0) is 21.3. The molecular weight excluding hydrogens is 398 g/mol. The number of carbonyl (C=O) groups excluding carboxylic acids is 3. The highest BCUT2D eigenvalue weighted by Crippen LogP contribution is 2.21. The molecule has 0 bridgehead atoms. The van der Waals surface area contributed by atoms with E-state index in [1.165, 1.54) is 16.4 Å². The lowest BCUT2D eigenvalue weighted by Crippen LogP contribution is -2.38. The zero-order valence-corrected chi connectivity index (χ0v) is 17.3. The first-order valence-corrected chi connectivity index (χ1v) is 11.0. The summed E-state index contributed by atoms with van der Waals surface area (Å²) in [5.74, 6) is -1.52. The summed E-state index contributed by atoms with van der Waals surface area (Å²) >= 11 is 0. The van der Waals surface area contributed by atoms with E-state index in [2.05, 4.69) is 10.6 Å². The summed E-state index contributed by atoms with van der Waals surface area (Å²) in [5.41, 5.74) is 0.579. The van der Waals surface area contributed by atoms with Crippen molar-refractivity contribution in [3.63, 3.8) is 0 Å². The average molecular weight is 426 g/mol. The van der Waals surface area contributed by atoms with E-state index in [9.17, 15) is 22.8 Å². The Bertz CT molecular complexity index is 817. The number of benzene rings is 1. The summed E-state index contributed by atoms with van der Waals surface area (Å²) in [7, 11) is -3.51.